The highest BCUT2D eigenvalue weighted by atomic mass is 32.2. The maximum Gasteiger partial charge on any atom is 0.265 e. The largest absolute Gasteiger partial charge is 0.497 e. The van der Waals surface area contributed by atoms with Gasteiger partial charge in [0.15, 0.2) is 0 Å². The van der Waals surface area contributed by atoms with Crippen LogP contribution in [0.2, 0.25) is 0 Å². The highest BCUT2D eigenvalue weighted by Crippen LogP contribution is 2.30. The molecule has 0 atom stereocenters. The average molecular weight is 391 g/mol. The molecule has 0 heterocycles. The summed E-state index contributed by atoms with van der Waals surface area (Å²) in [5.74, 6) is 0.710. The van der Waals surface area contributed by atoms with Crippen LogP contribution in [-0.2, 0) is 10.0 Å². The van der Waals surface area contributed by atoms with Gasteiger partial charge in [-0.1, -0.05) is 19.3 Å². The first kappa shape index (κ1) is 19.4. The summed E-state index contributed by atoms with van der Waals surface area (Å²) in [4.78, 5) is 0.0359. The van der Waals surface area contributed by atoms with Crippen molar-refractivity contribution in [2.24, 2.45) is 0 Å². The number of anilines is 2. The lowest BCUT2D eigenvalue weighted by Gasteiger charge is -2.24. The second kappa shape index (κ2) is 8.52. The van der Waals surface area contributed by atoms with E-state index in [1.54, 1.807) is 24.3 Å². The number of sulfonamides is 1. The van der Waals surface area contributed by atoms with Gasteiger partial charge in [-0.25, -0.2) is 8.42 Å². The monoisotopic (exact) mass is 390 g/mol. The molecule has 0 spiro atoms. The Kier molecular flexibility index (Phi) is 6.11. The zero-order chi connectivity index (χ0) is 19.3. The lowest BCUT2D eigenvalue weighted by molar-refractivity contribution is 0.392. The Morgan fingerprint density at radius 2 is 1.56 bits per heavy atom. The topological polar surface area (TPSA) is 76.7 Å². The SMILES string of the molecule is COc1ccc(OC)c(S(=O)(=O)Nc2ccc(NC3CCCCC3)cc2)c1. The van der Waals surface area contributed by atoms with Crippen LogP contribution < -0.4 is 19.5 Å². The van der Waals surface area contributed by atoms with Crippen LogP contribution in [0.3, 0.4) is 0 Å². The first-order chi connectivity index (χ1) is 13.0. The van der Waals surface area contributed by atoms with E-state index < -0.39 is 10.0 Å². The molecule has 0 aliphatic heterocycles. The van der Waals surface area contributed by atoms with Crippen molar-refractivity contribution in [2.75, 3.05) is 24.3 Å². The molecule has 1 saturated carbocycles. The van der Waals surface area contributed by atoms with Gasteiger partial charge in [-0.3, -0.25) is 4.72 Å². The van der Waals surface area contributed by atoms with Gasteiger partial charge in [-0.15, -0.1) is 0 Å². The fourth-order valence-electron chi connectivity index (χ4n) is 3.32. The van der Waals surface area contributed by atoms with Crippen molar-refractivity contribution in [1.29, 1.82) is 0 Å². The van der Waals surface area contributed by atoms with E-state index in [-0.39, 0.29) is 10.6 Å². The van der Waals surface area contributed by atoms with Crippen molar-refractivity contribution in [2.45, 2.75) is 43.0 Å². The van der Waals surface area contributed by atoms with Gasteiger partial charge in [-0.05, 0) is 49.2 Å². The maximum absolute atomic E-state index is 12.8. The zero-order valence-electron chi connectivity index (χ0n) is 15.7. The number of hydrogen-bond acceptors (Lipinski definition) is 5. The average Bonchev–Trinajstić information content (AvgIpc) is 2.69. The van der Waals surface area contributed by atoms with E-state index in [2.05, 4.69) is 10.0 Å². The number of hydrogen-bond donors (Lipinski definition) is 2. The molecule has 2 aromatic rings. The molecule has 0 saturated heterocycles. The Morgan fingerprint density at radius 3 is 2.19 bits per heavy atom. The van der Waals surface area contributed by atoms with Crippen LogP contribution in [0.5, 0.6) is 11.5 Å². The molecule has 0 aromatic heterocycles. The number of benzene rings is 2. The summed E-state index contributed by atoms with van der Waals surface area (Å²) in [5, 5.41) is 3.52. The third-order valence-electron chi connectivity index (χ3n) is 4.77. The van der Waals surface area contributed by atoms with Gasteiger partial charge < -0.3 is 14.8 Å². The van der Waals surface area contributed by atoms with Crippen LogP contribution >= 0.6 is 0 Å². The Balaban J connectivity index is 1.74. The van der Waals surface area contributed by atoms with E-state index >= 15 is 0 Å². The second-order valence-electron chi connectivity index (χ2n) is 6.68. The summed E-state index contributed by atoms with van der Waals surface area (Å²) >= 11 is 0. The molecule has 0 unspecified atom stereocenters. The molecule has 27 heavy (non-hydrogen) atoms. The molecule has 1 aliphatic carbocycles. The summed E-state index contributed by atoms with van der Waals surface area (Å²) in [6, 6.07) is 12.5. The first-order valence-electron chi connectivity index (χ1n) is 9.13. The van der Waals surface area contributed by atoms with E-state index in [9.17, 15) is 8.42 Å². The normalized spacial score (nSPS) is 15.2. The Morgan fingerprint density at radius 1 is 0.889 bits per heavy atom. The molecule has 7 heteroatoms. The van der Waals surface area contributed by atoms with Crippen LogP contribution in [0.4, 0.5) is 11.4 Å². The van der Waals surface area contributed by atoms with Gasteiger partial charge in [0.25, 0.3) is 10.0 Å². The third-order valence-corrected chi connectivity index (χ3v) is 6.18. The predicted molar refractivity (Wildman–Crippen MR) is 107 cm³/mol. The molecule has 0 radical (unpaired) electrons. The third kappa shape index (κ3) is 4.86. The van der Waals surface area contributed by atoms with Crippen LogP contribution in [0.1, 0.15) is 32.1 Å². The lowest BCUT2D eigenvalue weighted by Crippen LogP contribution is -2.22. The minimum Gasteiger partial charge on any atom is -0.497 e. The summed E-state index contributed by atoms with van der Waals surface area (Å²) in [6.45, 7) is 0. The number of ether oxygens (including phenoxy) is 2. The molecule has 3 rings (SSSR count). The molecule has 0 amide bonds. The predicted octanol–water partition coefficient (Wildman–Crippen LogP) is 4.25. The summed E-state index contributed by atoms with van der Waals surface area (Å²) in [7, 11) is -0.877. The van der Waals surface area contributed by atoms with Crippen molar-refractivity contribution in [3.05, 3.63) is 42.5 Å². The van der Waals surface area contributed by atoms with Gasteiger partial charge in [-0.2, -0.15) is 0 Å². The minimum absolute atomic E-state index is 0.0359. The minimum atomic E-state index is -3.80. The molecule has 1 aliphatic rings. The molecular formula is C20H26N2O4S. The quantitative estimate of drug-likeness (QED) is 0.739. The van der Waals surface area contributed by atoms with Crippen LogP contribution in [0.25, 0.3) is 0 Å². The van der Waals surface area contributed by atoms with E-state index in [4.69, 9.17) is 9.47 Å². The van der Waals surface area contributed by atoms with Crippen molar-refractivity contribution >= 4 is 21.4 Å². The number of nitrogens with one attached hydrogen (secondary N) is 2. The smallest absolute Gasteiger partial charge is 0.265 e. The standard InChI is InChI=1S/C20H26N2O4S/c1-25-18-12-13-19(26-2)20(14-18)27(23,24)22-17-10-8-16(9-11-17)21-15-6-4-3-5-7-15/h8-15,21-22H,3-7H2,1-2H3. The molecule has 1 fully saturated rings. The van der Waals surface area contributed by atoms with Crippen molar-refractivity contribution in [3.8, 4) is 11.5 Å². The highest BCUT2D eigenvalue weighted by molar-refractivity contribution is 7.92. The second-order valence-corrected chi connectivity index (χ2v) is 8.33. The van der Waals surface area contributed by atoms with Crippen molar-refractivity contribution < 1.29 is 17.9 Å². The molecule has 2 N–H and O–H groups in total. The summed E-state index contributed by atoms with van der Waals surface area (Å²) in [5.41, 5.74) is 1.50. The summed E-state index contributed by atoms with van der Waals surface area (Å²) in [6.07, 6.45) is 6.20. The molecule has 2 aromatic carbocycles. The van der Waals surface area contributed by atoms with Crippen molar-refractivity contribution in [3.63, 3.8) is 0 Å². The first-order valence-corrected chi connectivity index (χ1v) is 10.6. The van der Waals surface area contributed by atoms with Crippen LogP contribution in [0.15, 0.2) is 47.4 Å². The fraction of sp³-hybridized carbons (Fsp3) is 0.400. The molecule has 0 bridgehead atoms. The Hall–Kier alpha value is -2.41. The molecule has 6 nitrogen and oxygen atoms in total. The zero-order valence-corrected chi connectivity index (χ0v) is 16.5. The highest BCUT2D eigenvalue weighted by Gasteiger charge is 2.21. The van der Waals surface area contributed by atoms with Gasteiger partial charge in [0.1, 0.15) is 16.4 Å². The summed E-state index contributed by atoms with van der Waals surface area (Å²) < 4.78 is 38.5. The Labute approximate surface area is 160 Å². The van der Waals surface area contributed by atoms with Gasteiger partial charge in [0, 0.05) is 23.5 Å². The fourth-order valence-corrected chi connectivity index (χ4v) is 4.57. The van der Waals surface area contributed by atoms with E-state index in [1.165, 1.54) is 52.4 Å². The van der Waals surface area contributed by atoms with Crippen molar-refractivity contribution in [1.82, 2.24) is 0 Å². The van der Waals surface area contributed by atoms with Gasteiger partial charge >= 0.3 is 0 Å². The van der Waals surface area contributed by atoms with E-state index in [1.807, 2.05) is 12.1 Å². The molecule has 146 valence electrons. The Bertz CT molecular complexity index is 860. The van der Waals surface area contributed by atoms with Crippen LogP contribution in [-0.4, -0.2) is 28.7 Å². The van der Waals surface area contributed by atoms with Crippen LogP contribution in [0, 0.1) is 0 Å². The molecular weight excluding hydrogens is 364 g/mol. The van der Waals surface area contributed by atoms with Gasteiger partial charge in [0.2, 0.25) is 0 Å². The van der Waals surface area contributed by atoms with E-state index in [0.29, 0.717) is 17.5 Å². The van der Waals surface area contributed by atoms with Gasteiger partial charge in [0.05, 0.1) is 14.2 Å². The van der Waals surface area contributed by atoms with E-state index in [0.717, 1.165) is 5.69 Å². The lowest BCUT2D eigenvalue weighted by atomic mass is 9.95. The number of rotatable bonds is 7. The maximum atomic E-state index is 12.8. The number of methoxy groups -OCH3 is 2.